The summed E-state index contributed by atoms with van der Waals surface area (Å²) in [6.45, 7) is 0.736. The Morgan fingerprint density at radius 3 is 2.76 bits per heavy atom. The molecule has 0 saturated heterocycles. The minimum Gasteiger partial charge on any atom is -0.481 e. The lowest BCUT2D eigenvalue weighted by molar-refractivity contribution is -0.140. The van der Waals surface area contributed by atoms with Gasteiger partial charge in [-0.25, -0.2) is 0 Å². The van der Waals surface area contributed by atoms with Gasteiger partial charge in [0.25, 0.3) is 0 Å². The number of hydrogen-bond donors (Lipinski definition) is 2. The van der Waals surface area contributed by atoms with Crippen LogP contribution in [0, 0.1) is 5.92 Å². The molecule has 0 aliphatic heterocycles. The van der Waals surface area contributed by atoms with Gasteiger partial charge in [0.05, 0.1) is 5.41 Å². The van der Waals surface area contributed by atoms with Gasteiger partial charge in [-0.2, -0.15) is 0 Å². The molecule has 0 heterocycles. The van der Waals surface area contributed by atoms with Crippen molar-refractivity contribution in [2.75, 3.05) is 13.6 Å². The van der Waals surface area contributed by atoms with Crippen LogP contribution < -0.4 is 5.32 Å². The topological polar surface area (TPSA) is 49.3 Å². The van der Waals surface area contributed by atoms with E-state index in [1.807, 2.05) is 25.2 Å². The van der Waals surface area contributed by atoms with E-state index in [0.717, 1.165) is 21.1 Å². The fourth-order valence-electron chi connectivity index (χ4n) is 2.34. The Bertz CT molecular complexity index is 464. The van der Waals surface area contributed by atoms with Crippen LogP contribution in [0.1, 0.15) is 12.0 Å². The highest BCUT2D eigenvalue weighted by Crippen LogP contribution is 2.54. The first-order valence-electron chi connectivity index (χ1n) is 5.36. The van der Waals surface area contributed by atoms with Gasteiger partial charge in [-0.3, -0.25) is 4.79 Å². The van der Waals surface area contributed by atoms with Crippen LogP contribution in [-0.2, 0) is 10.2 Å². The second-order valence-corrected chi connectivity index (χ2v) is 6.07. The highest BCUT2D eigenvalue weighted by Gasteiger charge is 2.61. The van der Waals surface area contributed by atoms with Gasteiger partial charge >= 0.3 is 5.97 Å². The molecule has 5 heteroatoms. The third-order valence-corrected chi connectivity index (χ3v) is 5.25. The standard InChI is InChI=1S/C12H13Br2NO2/c1-15-6-8-5-12(8,11(16)17)7-2-3-9(13)10(14)4-7/h2-4,8,15H,5-6H2,1H3,(H,16,17)/t8-,12-/m0/s1. The molecule has 1 aliphatic carbocycles. The van der Waals surface area contributed by atoms with E-state index in [2.05, 4.69) is 37.2 Å². The number of carbonyl (C=O) groups is 1. The average Bonchev–Trinajstić information content (AvgIpc) is 2.98. The van der Waals surface area contributed by atoms with E-state index in [1.165, 1.54) is 0 Å². The normalized spacial score (nSPS) is 26.9. The molecule has 1 saturated carbocycles. The first-order valence-corrected chi connectivity index (χ1v) is 6.94. The van der Waals surface area contributed by atoms with Gasteiger partial charge in [0.15, 0.2) is 0 Å². The van der Waals surface area contributed by atoms with Crippen LogP contribution in [0.2, 0.25) is 0 Å². The van der Waals surface area contributed by atoms with Crippen LogP contribution in [-0.4, -0.2) is 24.7 Å². The number of nitrogens with one attached hydrogen (secondary N) is 1. The number of rotatable bonds is 4. The zero-order valence-electron chi connectivity index (χ0n) is 9.34. The zero-order chi connectivity index (χ0) is 12.6. The molecule has 2 N–H and O–H groups in total. The van der Waals surface area contributed by atoms with E-state index in [9.17, 15) is 9.90 Å². The van der Waals surface area contributed by atoms with E-state index in [1.54, 1.807) is 0 Å². The Labute approximate surface area is 117 Å². The van der Waals surface area contributed by atoms with E-state index < -0.39 is 11.4 Å². The summed E-state index contributed by atoms with van der Waals surface area (Å²) in [7, 11) is 1.85. The maximum atomic E-state index is 11.5. The number of benzene rings is 1. The molecule has 0 spiro atoms. The van der Waals surface area contributed by atoms with Crippen molar-refractivity contribution in [2.24, 2.45) is 5.92 Å². The lowest BCUT2D eigenvalue weighted by Gasteiger charge is -2.14. The van der Waals surface area contributed by atoms with E-state index in [-0.39, 0.29) is 5.92 Å². The van der Waals surface area contributed by atoms with Crippen LogP contribution in [0.5, 0.6) is 0 Å². The fourth-order valence-corrected chi connectivity index (χ4v) is 2.96. The second-order valence-electron chi connectivity index (χ2n) is 4.36. The van der Waals surface area contributed by atoms with Crippen molar-refractivity contribution in [1.82, 2.24) is 5.32 Å². The summed E-state index contributed by atoms with van der Waals surface area (Å²) in [4.78, 5) is 11.5. The molecule has 92 valence electrons. The Morgan fingerprint density at radius 1 is 1.53 bits per heavy atom. The molecular weight excluding hydrogens is 350 g/mol. The molecule has 0 aromatic heterocycles. The van der Waals surface area contributed by atoms with Crippen LogP contribution in [0.25, 0.3) is 0 Å². The van der Waals surface area contributed by atoms with Crippen LogP contribution in [0.3, 0.4) is 0 Å². The maximum Gasteiger partial charge on any atom is 0.314 e. The van der Waals surface area contributed by atoms with Gasteiger partial charge in [0.2, 0.25) is 0 Å². The van der Waals surface area contributed by atoms with Gasteiger partial charge in [0, 0.05) is 8.95 Å². The number of carboxylic acids is 1. The van der Waals surface area contributed by atoms with Crippen LogP contribution in [0.4, 0.5) is 0 Å². The molecule has 0 amide bonds. The van der Waals surface area contributed by atoms with Gasteiger partial charge in [-0.1, -0.05) is 6.07 Å². The molecule has 17 heavy (non-hydrogen) atoms. The van der Waals surface area contributed by atoms with E-state index >= 15 is 0 Å². The Hall–Kier alpha value is -0.390. The molecule has 0 radical (unpaired) electrons. The van der Waals surface area contributed by atoms with E-state index in [0.29, 0.717) is 6.42 Å². The summed E-state index contributed by atoms with van der Waals surface area (Å²) in [5.41, 5.74) is 0.173. The van der Waals surface area contributed by atoms with Crippen molar-refractivity contribution in [1.29, 1.82) is 0 Å². The number of hydrogen-bond acceptors (Lipinski definition) is 2. The van der Waals surface area contributed by atoms with E-state index in [4.69, 9.17) is 0 Å². The van der Waals surface area contributed by atoms with Crippen molar-refractivity contribution in [3.05, 3.63) is 32.7 Å². The molecule has 1 aliphatic rings. The van der Waals surface area contributed by atoms with Gasteiger partial charge in [0.1, 0.15) is 0 Å². The lowest BCUT2D eigenvalue weighted by atomic mass is 9.93. The molecule has 2 rings (SSSR count). The smallest absolute Gasteiger partial charge is 0.314 e. The minimum absolute atomic E-state index is 0.179. The van der Waals surface area contributed by atoms with Crippen LogP contribution >= 0.6 is 31.9 Å². The third-order valence-electron chi connectivity index (χ3n) is 3.37. The predicted molar refractivity (Wildman–Crippen MR) is 73.2 cm³/mol. The highest BCUT2D eigenvalue weighted by molar-refractivity contribution is 9.13. The van der Waals surface area contributed by atoms with Gasteiger partial charge < -0.3 is 10.4 Å². The first kappa shape index (κ1) is 13.1. The number of halogens is 2. The molecular formula is C12H13Br2NO2. The van der Waals surface area contributed by atoms with Crippen molar-refractivity contribution >= 4 is 37.8 Å². The predicted octanol–water partition coefficient (Wildman–Crippen LogP) is 2.77. The Morgan fingerprint density at radius 2 is 2.24 bits per heavy atom. The quantitative estimate of drug-likeness (QED) is 0.865. The summed E-state index contributed by atoms with van der Waals surface area (Å²) in [5, 5.41) is 12.5. The zero-order valence-corrected chi connectivity index (χ0v) is 12.5. The van der Waals surface area contributed by atoms with Crippen LogP contribution in [0.15, 0.2) is 27.1 Å². The first-order chi connectivity index (χ1) is 8.02. The van der Waals surface area contributed by atoms with Crippen molar-refractivity contribution in [3.63, 3.8) is 0 Å². The molecule has 0 bridgehead atoms. The minimum atomic E-state index is -0.730. The maximum absolute atomic E-state index is 11.5. The molecule has 2 atom stereocenters. The summed E-state index contributed by atoms with van der Waals surface area (Å²) in [5.74, 6) is -0.551. The summed E-state index contributed by atoms with van der Waals surface area (Å²) >= 11 is 6.81. The van der Waals surface area contributed by atoms with Crippen molar-refractivity contribution < 1.29 is 9.90 Å². The second kappa shape index (κ2) is 4.71. The largest absolute Gasteiger partial charge is 0.481 e. The summed E-state index contributed by atoms with van der Waals surface area (Å²) in [6.07, 6.45) is 0.706. The van der Waals surface area contributed by atoms with Crippen molar-refractivity contribution in [3.8, 4) is 0 Å². The Balaban J connectivity index is 2.36. The number of carboxylic acid groups (broad SMARTS) is 1. The SMILES string of the molecule is CNC[C@@H]1C[C@]1(C(=O)O)c1ccc(Br)c(Br)c1. The highest BCUT2D eigenvalue weighted by atomic mass is 79.9. The lowest BCUT2D eigenvalue weighted by Crippen LogP contribution is -2.26. The Kier molecular flexibility index (Phi) is 3.61. The molecule has 3 nitrogen and oxygen atoms in total. The molecule has 1 aromatic carbocycles. The average molecular weight is 363 g/mol. The van der Waals surface area contributed by atoms with Crippen molar-refractivity contribution in [2.45, 2.75) is 11.8 Å². The molecule has 0 unspecified atom stereocenters. The number of aliphatic carboxylic acids is 1. The molecule has 1 fully saturated rings. The van der Waals surface area contributed by atoms with Gasteiger partial charge in [-0.15, -0.1) is 0 Å². The molecule has 1 aromatic rings. The van der Waals surface area contributed by atoms with Gasteiger partial charge in [-0.05, 0) is 75.5 Å². The monoisotopic (exact) mass is 361 g/mol. The summed E-state index contributed by atoms with van der Waals surface area (Å²) in [6, 6.07) is 5.67. The summed E-state index contributed by atoms with van der Waals surface area (Å²) < 4.78 is 1.83. The third kappa shape index (κ3) is 2.16. The fraction of sp³-hybridized carbons (Fsp3) is 0.417.